The molecule has 1 aromatic rings. The van der Waals surface area contributed by atoms with Gasteiger partial charge in [0, 0.05) is 0 Å². The normalized spacial score (nSPS) is 14.8. The molecule has 0 aliphatic heterocycles. The van der Waals surface area contributed by atoms with Crippen LogP contribution in [0.1, 0.15) is 5.56 Å². The third-order valence-electron chi connectivity index (χ3n) is 3.47. The summed E-state index contributed by atoms with van der Waals surface area (Å²) in [7, 11) is 0. The number of halogens is 14. The highest BCUT2D eigenvalue weighted by Gasteiger charge is 2.91. The molecule has 0 aliphatic rings. The third-order valence-corrected chi connectivity index (χ3v) is 3.47. The van der Waals surface area contributed by atoms with Gasteiger partial charge in [-0.15, -0.1) is 0 Å². The van der Waals surface area contributed by atoms with Gasteiger partial charge in [0.1, 0.15) is 5.82 Å². The number of amides is 1. The summed E-state index contributed by atoms with van der Waals surface area (Å²) in [4.78, 5) is 11.1. The maximum Gasteiger partial charge on any atom is 0.460 e. The van der Waals surface area contributed by atoms with Crippen molar-refractivity contribution < 1.29 is 66.3 Å². The molecule has 0 spiro atoms. The first-order valence-corrected chi connectivity index (χ1v) is 7.19. The number of nitrogens with zero attached hydrogens (tertiary/aromatic N) is 1. The van der Waals surface area contributed by atoms with E-state index in [4.69, 9.17) is 0 Å². The van der Waals surface area contributed by atoms with E-state index in [-0.39, 0.29) is 5.56 Å². The zero-order valence-electron chi connectivity index (χ0n) is 14.0. The lowest BCUT2D eigenvalue weighted by molar-refractivity contribution is -0.436. The summed E-state index contributed by atoms with van der Waals surface area (Å²) in [6.45, 7) is 0. The van der Waals surface area contributed by atoms with E-state index in [0.29, 0.717) is 11.6 Å². The first-order chi connectivity index (χ1) is 13.6. The smallest absolute Gasteiger partial charge is 0.266 e. The average molecular weight is 484 g/mol. The Morgan fingerprint density at radius 1 is 0.710 bits per heavy atom. The Kier molecular flexibility index (Phi) is 6.66. The molecule has 3 nitrogen and oxygen atoms in total. The summed E-state index contributed by atoms with van der Waals surface area (Å²) in [6.07, 6.45) is -7.19. The summed E-state index contributed by atoms with van der Waals surface area (Å²) in [5, 5.41) is 2.56. The Labute approximate surface area is 161 Å². The van der Waals surface area contributed by atoms with Gasteiger partial charge in [-0.25, -0.2) is 9.82 Å². The topological polar surface area (TPSA) is 41.5 Å². The van der Waals surface area contributed by atoms with Crippen molar-refractivity contribution in [2.24, 2.45) is 5.10 Å². The molecule has 31 heavy (non-hydrogen) atoms. The van der Waals surface area contributed by atoms with E-state index < -0.39 is 47.5 Å². The Morgan fingerprint density at radius 3 is 1.55 bits per heavy atom. The SMILES string of the molecule is O=C(NN=Cc1ccc(F)cc1)C(F)(F)C(F)(F)C(F)(F)C(F)(F)C(F)(F)C(F)(F)F. The first-order valence-electron chi connectivity index (χ1n) is 7.19. The van der Waals surface area contributed by atoms with Crippen LogP contribution >= 0.6 is 0 Å². The van der Waals surface area contributed by atoms with Gasteiger partial charge in [-0.05, 0) is 17.7 Å². The fraction of sp³-hybridized carbons (Fsp3) is 0.429. The lowest BCUT2D eigenvalue weighted by atomic mass is 9.93. The fourth-order valence-corrected chi connectivity index (χ4v) is 1.70. The standard InChI is InChI=1S/C14H6F14N2O/c15-7-3-1-6(2-4-7)5-29-30-8(31)9(16,17)10(18,19)11(20,21)12(22,23)13(24,25)14(26,27)28/h1-5H,(H,30,31). The Hall–Kier alpha value is -2.62. The van der Waals surface area contributed by atoms with Gasteiger partial charge in [0.15, 0.2) is 0 Å². The maximum absolute atomic E-state index is 13.5. The number of alkyl halides is 13. The number of nitrogens with one attached hydrogen (secondary N) is 1. The van der Waals surface area contributed by atoms with Crippen LogP contribution in [0.25, 0.3) is 0 Å². The van der Waals surface area contributed by atoms with Crippen LogP contribution in [-0.4, -0.2) is 47.9 Å². The van der Waals surface area contributed by atoms with E-state index in [1.807, 2.05) is 0 Å². The third kappa shape index (κ3) is 4.26. The van der Waals surface area contributed by atoms with Crippen LogP contribution in [0.15, 0.2) is 29.4 Å². The second-order valence-electron chi connectivity index (χ2n) is 5.62. The number of benzene rings is 1. The molecule has 0 heterocycles. The van der Waals surface area contributed by atoms with E-state index >= 15 is 0 Å². The first kappa shape index (κ1) is 26.4. The molecule has 0 bridgehead atoms. The van der Waals surface area contributed by atoms with Gasteiger partial charge in [-0.3, -0.25) is 4.79 Å². The van der Waals surface area contributed by atoms with E-state index in [0.717, 1.165) is 24.3 Å². The summed E-state index contributed by atoms with van der Waals surface area (Å²) in [6, 6.07) is 3.28. The predicted molar refractivity (Wildman–Crippen MR) is 72.9 cm³/mol. The highest BCUT2D eigenvalue weighted by molar-refractivity contribution is 5.87. The van der Waals surface area contributed by atoms with Gasteiger partial charge < -0.3 is 0 Å². The molecule has 0 atom stereocenters. The van der Waals surface area contributed by atoms with Crippen LogP contribution in [-0.2, 0) is 4.79 Å². The van der Waals surface area contributed by atoms with Gasteiger partial charge >= 0.3 is 41.7 Å². The van der Waals surface area contributed by atoms with Crippen molar-refractivity contribution in [2.45, 2.75) is 35.8 Å². The van der Waals surface area contributed by atoms with Crippen molar-refractivity contribution in [3.05, 3.63) is 35.6 Å². The van der Waals surface area contributed by atoms with Crippen LogP contribution < -0.4 is 5.43 Å². The quantitative estimate of drug-likeness (QED) is 0.330. The maximum atomic E-state index is 13.5. The highest BCUT2D eigenvalue weighted by atomic mass is 19.4. The van der Waals surface area contributed by atoms with Crippen LogP contribution in [0.5, 0.6) is 0 Å². The van der Waals surface area contributed by atoms with E-state index in [1.165, 1.54) is 0 Å². The molecule has 1 amide bonds. The monoisotopic (exact) mass is 484 g/mol. The van der Waals surface area contributed by atoms with Gasteiger partial charge in [0.05, 0.1) is 6.21 Å². The van der Waals surface area contributed by atoms with E-state index in [9.17, 15) is 66.3 Å². The molecule has 0 aliphatic carbocycles. The Balaban J connectivity index is 3.23. The summed E-state index contributed by atoms with van der Waals surface area (Å²) in [5.74, 6) is -43.2. The van der Waals surface area contributed by atoms with Gasteiger partial charge in [0.25, 0.3) is 0 Å². The van der Waals surface area contributed by atoms with Crippen molar-refractivity contribution in [2.75, 3.05) is 0 Å². The van der Waals surface area contributed by atoms with Gasteiger partial charge in [-0.2, -0.15) is 62.2 Å². The minimum atomic E-state index is -8.11. The summed E-state index contributed by atoms with van der Waals surface area (Å²) >= 11 is 0. The minimum Gasteiger partial charge on any atom is -0.266 e. The zero-order chi connectivity index (χ0) is 24.7. The molecule has 0 fully saturated rings. The molecule has 1 aromatic carbocycles. The second-order valence-corrected chi connectivity index (χ2v) is 5.62. The lowest BCUT2D eigenvalue weighted by Crippen LogP contribution is -2.71. The molecule has 0 saturated carbocycles. The summed E-state index contributed by atoms with van der Waals surface area (Å²) < 4.78 is 180. The van der Waals surface area contributed by atoms with Gasteiger partial charge in [-0.1, -0.05) is 12.1 Å². The van der Waals surface area contributed by atoms with Crippen LogP contribution in [0.3, 0.4) is 0 Å². The largest absolute Gasteiger partial charge is 0.460 e. The summed E-state index contributed by atoms with van der Waals surface area (Å²) in [5.41, 5.74) is 0.308. The molecule has 0 aromatic heterocycles. The molecule has 176 valence electrons. The van der Waals surface area contributed by atoms with Crippen molar-refractivity contribution in [1.29, 1.82) is 0 Å². The van der Waals surface area contributed by atoms with Crippen LogP contribution in [0, 0.1) is 5.82 Å². The number of rotatable bonds is 7. The number of carbonyl (C=O) groups is 1. The predicted octanol–water partition coefficient (Wildman–Crippen LogP) is 5.01. The number of hydrogen-bond donors (Lipinski definition) is 1. The Morgan fingerprint density at radius 2 is 1.13 bits per heavy atom. The lowest BCUT2D eigenvalue weighted by Gasteiger charge is -2.38. The number of hydrogen-bond acceptors (Lipinski definition) is 2. The average Bonchev–Trinajstić information content (AvgIpc) is 2.61. The van der Waals surface area contributed by atoms with Crippen molar-refractivity contribution in [1.82, 2.24) is 5.43 Å². The molecule has 17 heteroatoms. The Bertz CT molecular complexity index is 828. The molecule has 1 rings (SSSR count). The van der Waals surface area contributed by atoms with Crippen molar-refractivity contribution >= 4 is 12.1 Å². The van der Waals surface area contributed by atoms with Crippen LogP contribution in [0.2, 0.25) is 0 Å². The number of hydrazone groups is 1. The molecule has 0 saturated heterocycles. The highest BCUT2D eigenvalue weighted by Crippen LogP contribution is 2.60. The van der Waals surface area contributed by atoms with Crippen molar-refractivity contribution in [3.8, 4) is 0 Å². The van der Waals surface area contributed by atoms with E-state index in [2.05, 4.69) is 5.10 Å². The molecule has 0 unspecified atom stereocenters. The molecular weight excluding hydrogens is 478 g/mol. The molecular formula is C14H6F14N2O. The molecule has 1 N–H and O–H groups in total. The van der Waals surface area contributed by atoms with Crippen molar-refractivity contribution in [3.63, 3.8) is 0 Å². The zero-order valence-corrected chi connectivity index (χ0v) is 14.0. The van der Waals surface area contributed by atoms with E-state index in [1.54, 1.807) is 0 Å². The number of carbonyl (C=O) groups excluding carboxylic acids is 1. The second kappa shape index (κ2) is 7.81. The minimum absolute atomic E-state index is 0.196. The molecule has 0 radical (unpaired) electrons. The van der Waals surface area contributed by atoms with Crippen LogP contribution in [0.4, 0.5) is 61.5 Å². The van der Waals surface area contributed by atoms with Gasteiger partial charge in [0.2, 0.25) is 0 Å². The fourth-order valence-electron chi connectivity index (χ4n) is 1.70.